The number of allylic oxidation sites excluding steroid dienone is 5. The van der Waals surface area contributed by atoms with Crippen LogP contribution >= 0.6 is 0 Å². The van der Waals surface area contributed by atoms with Crippen molar-refractivity contribution in [3.8, 4) is 0 Å². The summed E-state index contributed by atoms with van der Waals surface area (Å²) in [5, 5.41) is 0. The van der Waals surface area contributed by atoms with Crippen molar-refractivity contribution in [1.29, 1.82) is 0 Å². The van der Waals surface area contributed by atoms with Crippen molar-refractivity contribution in [2.75, 3.05) is 0 Å². The maximum atomic E-state index is 4.09. The maximum Gasteiger partial charge on any atom is -0.0126 e. The predicted octanol–water partition coefficient (Wildman–Crippen LogP) is 11.0. The zero-order valence-corrected chi connectivity index (χ0v) is 20.4. The zero-order valence-electron chi connectivity index (χ0n) is 20.4. The monoisotopic (exact) mass is 408 g/mol. The molecule has 3 aliphatic rings. The van der Waals surface area contributed by atoms with E-state index in [9.17, 15) is 0 Å². The highest BCUT2D eigenvalue weighted by molar-refractivity contribution is 5.35. The van der Waals surface area contributed by atoms with Crippen LogP contribution in [-0.4, -0.2) is 0 Å². The molecule has 0 saturated heterocycles. The minimum atomic E-state index is 0. The zero-order chi connectivity index (χ0) is 21.2. The van der Waals surface area contributed by atoms with Crippen molar-refractivity contribution in [3.05, 3.63) is 36.0 Å². The molecule has 0 radical (unpaired) electrons. The first-order valence-electron chi connectivity index (χ1n) is 12.1. The summed E-state index contributed by atoms with van der Waals surface area (Å²) in [6, 6.07) is 0. The Bertz CT molecular complexity index is 394. The fraction of sp³-hybridized carbons (Fsp3) is 0.793. The fourth-order valence-electron chi connectivity index (χ4n) is 5.09. The summed E-state index contributed by atoms with van der Waals surface area (Å²) in [7, 11) is 0. The van der Waals surface area contributed by atoms with Crippen molar-refractivity contribution in [3.63, 3.8) is 0 Å². The summed E-state index contributed by atoms with van der Waals surface area (Å²) in [4.78, 5) is 0. The van der Waals surface area contributed by atoms with Gasteiger partial charge in [-0.05, 0) is 62.9 Å². The minimum absolute atomic E-state index is 0. The van der Waals surface area contributed by atoms with Crippen LogP contribution in [0.5, 0.6) is 0 Å². The lowest BCUT2D eigenvalue weighted by Gasteiger charge is -2.40. The quantitative estimate of drug-likeness (QED) is 0.378. The summed E-state index contributed by atoms with van der Waals surface area (Å²) in [5.41, 5.74) is 3.36. The van der Waals surface area contributed by atoms with Gasteiger partial charge in [0.1, 0.15) is 0 Å². The van der Waals surface area contributed by atoms with E-state index in [0.29, 0.717) is 0 Å². The lowest BCUT2D eigenvalue weighted by molar-refractivity contribution is 0.122. The maximum absolute atomic E-state index is 4.09. The predicted molar refractivity (Wildman–Crippen MR) is 142 cm³/mol. The third-order valence-corrected chi connectivity index (χ3v) is 6.12. The Hall–Kier alpha value is -0.780. The number of hydrogen-bond donors (Lipinski definition) is 0. The van der Waals surface area contributed by atoms with Crippen molar-refractivity contribution in [1.82, 2.24) is 0 Å². The normalized spacial score (nSPS) is 26.4. The van der Waals surface area contributed by atoms with Gasteiger partial charge in [0.05, 0.1) is 0 Å². The Morgan fingerprint density at radius 1 is 0.690 bits per heavy atom. The Morgan fingerprint density at radius 2 is 1.14 bits per heavy atom. The minimum Gasteiger partial charge on any atom is -0.0988 e. The first kappa shape index (κ1) is 35.6. The lowest BCUT2D eigenvalue weighted by atomic mass is 9.65. The standard InChI is InChI=1S/C17H26.C4H8.3C2H6.2CH4/c1-3-14-12(2)15-10-6-4-5-8-13-9-7-11-16(14)17(13)15;1-3-4-2;3*1-2;;/h3,13,15-17H,1,4-11H2,2H3;3-4H,1-2H3;3*1-2H3;2*1H4/b;4-3-;;;;;. The fourth-order valence-corrected chi connectivity index (χ4v) is 5.09. The van der Waals surface area contributed by atoms with E-state index in [1.165, 1.54) is 51.4 Å². The van der Waals surface area contributed by atoms with Gasteiger partial charge in [0.15, 0.2) is 0 Å². The Labute approximate surface area is 188 Å². The molecule has 0 aromatic heterocycles. The summed E-state index contributed by atoms with van der Waals surface area (Å²) in [6.45, 7) is 22.5. The van der Waals surface area contributed by atoms with Crippen LogP contribution in [-0.2, 0) is 0 Å². The molecule has 3 aliphatic carbocycles. The molecule has 4 unspecified atom stereocenters. The van der Waals surface area contributed by atoms with E-state index in [2.05, 4.69) is 19.6 Å². The van der Waals surface area contributed by atoms with Gasteiger partial charge < -0.3 is 0 Å². The van der Waals surface area contributed by atoms with E-state index in [1.54, 1.807) is 11.1 Å². The molecule has 0 heterocycles. The molecule has 0 N–H and O–H groups in total. The summed E-state index contributed by atoms with van der Waals surface area (Å²) < 4.78 is 0. The van der Waals surface area contributed by atoms with E-state index in [0.717, 1.165) is 23.7 Å². The van der Waals surface area contributed by atoms with Crippen LogP contribution in [0.4, 0.5) is 0 Å². The molecule has 0 heteroatoms. The van der Waals surface area contributed by atoms with E-state index < -0.39 is 0 Å². The van der Waals surface area contributed by atoms with Crippen LogP contribution in [0.15, 0.2) is 36.0 Å². The molecule has 176 valence electrons. The van der Waals surface area contributed by atoms with Crippen LogP contribution in [0, 0.1) is 23.7 Å². The van der Waals surface area contributed by atoms with Gasteiger partial charge in [-0.1, -0.05) is 125 Å². The van der Waals surface area contributed by atoms with E-state index in [4.69, 9.17) is 0 Å². The second-order valence-corrected chi connectivity index (χ2v) is 7.13. The van der Waals surface area contributed by atoms with Crippen molar-refractivity contribution >= 4 is 0 Å². The van der Waals surface area contributed by atoms with Crippen LogP contribution in [0.3, 0.4) is 0 Å². The third-order valence-electron chi connectivity index (χ3n) is 6.12. The van der Waals surface area contributed by atoms with Crippen LogP contribution < -0.4 is 0 Å². The summed E-state index contributed by atoms with van der Waals surface area (Å²) in [5.74, 6) is 3.83. The van der Waals surface area contributed by atoms with E-state index >= 15 is 0 Å². The smallest absolute Gasteiger partial charge is 0.0126 e. The SMILES string of the molecule is C.C.C/C=C\C.C=CC1=C(C)C2CCCCCC3CCCC1C32.CC.CC.CC. The average Bonchev–Trinajstić information content (AvgIpc) is 3.01. The average molecular weight is 409 g/mol. The molecule has 0 aliphatic heterocycles. The highest BCUT2D eigenvalue weighted by atomic mass is 14.5. The molecule has 0 amide bonds. The number of hydrogen-bond acceptors (Lipinski definition) is 0. The third kappa shape index (κ3) is 10.7. The molecule has 0 aromatic rings. The van der Waals surface area contributed by atoms with Crippen molar-refractivity contribution in [2.45, 2.75) is 129 Å². The van der Waals surface area contributed by atoms with Gasteiger partial charge >= 0.3 is 0 Å². The molecular formula is C29H60. The first-order valence-corrected chi connectivity index (χ1v) is 12.1. The van der Waals surface area contributed by atoms with Gasteiger partial charge in [-0.2, -0.15) is 0 Å². The molecule has 29 heavy (non-hydrogen) atoms. The lowest BCUT2D eigenvalue weighted by Crippen LogP contribution is -2.31. The van der Waals surface area contributed by atoms with Crippen LogP contribution in [0.25, 0.3) is 0 Å². The molecule has 0 spiro atoms. The highest BCUT2D eigenvalue weighted by Gasteiger charge is 2.45. The second-order valence-electron chi connectivity index (χ2n) is 7.13. The molecule has 3 rings (SSSR count). The second kappa shape index (κ2) is 23.5. The van der Waals surface area contributed by atoms with Crippen molar-refractivity contribution in [2.24, 2.45) is 23.7 Å². The molecule has 0 aromatic carbocycles. The topological polar surface area (TPSA) is 0 Å². The van der Waals surface area contributed by atoms with Gasteiger partial charge in [-0.15, -0.1) is 0 Å². The largest absolute Gasteiger partial charge is 0.0988 e. The molecular weight excluding hydrogens is 348 g/mol. The van der Waals surface area contributed by atoms with E-state index in [-0.39, 0.29) is 14.9 Å². The van der Waals surface area contributed by atoms with Crippen LogP contribution in [0.1, 0.15) is 129 Å². The Balaban J connectivity index is -0.000000227. The summed E-state index contributed by atoms with van der Waals surface area (Å²) >= 11 is 0. The Morgan fingerprint density at radius 3 is 1.62 bits per heavy atom. The molecule has 2 saturated carbocycles. The molecule has 4 atom stereocenters. The van der Waals surface area contributed by atoms with Crippen molar-refractivity contribution < 1.29 is 0 Å². The van der Waals surface area contributed by atoms with Gasteiger partial charge in [-0.25, -0.2) is 0 Å². The highest BCUT2D eigenvalue weighted by Crippen LogP contribution is 2.55. The molecule has 2 fully saturated rings. The molecule has 0 bridgehead atoms. The number of rotatable bonds is 1. The summed E-state index contributed by atoms with van der Waals surface area (Å²) in [6.07, 6.45) is 18.0. The first-order chi connectivity index (χ1) is 13.2. The van der Waals surface area contributed by atoms with Gasteiger partial charge in [0.2, 0.25) is 0 Å². The van der Waals surface area contributed by atoms with Gasteiger partial charge in [0, 0.05) is 0 Å². The Kier molecular flexibility index (Phi) is 28.9. The van der Waals surface area contributed by atoms with Gasteiger partial charge in [-0.3, -0.25) is 0 Å². The van der Waals surface area contributed by atoms with E-state index in [1.807, 2.05) is 67.5 Å². The van der Waals surface area contributed by atoms with Crippen LogP contribution in [0.2, 0.25) is 0 Å². The van der Waals surface area contributed by atoms with Gasteiger partial charge in [0.25, 0.3) is 0 Å². The molecule has 0 nitrogen and oxygen atoms in total.